The van der Waals surface area contributed by atoms with Gasteiger partial charge in [0.2, 0.25) is 5.91 Å². The van der Waals surface area contributed by atoms with Gasteiger partial charge >= 0.3 is 0 Å². The predicted molar refractivity (Wildman–Crippen MR) is 97.4 cm³/mol. The first kappa shape index (κ1) is 18.1. The largest absolute Gasteiger partial charge is 0.376 e. The number of amides is 1. The highest BCUT2D eigenvalue weighted by Gasteiger charge is 2.26. The fraction of sp³-hybridized carbons (Fsp3) is 0.579. The van der Waals surface area contributed by atoms with E-state index in [9.17, 15) is 4.79 Å². The maximum Gasteiger partial charge on any atom is 0.227 e. The summed E-state index contributed by atoms with van der Waals surface area (Å²) >= 11 is 0. The number of hydrogen-bond donors (Lipinski definition) is 0. The first-order valence-electron chi connectivity index (χ1n) is 9.61. The molecule has 2 saturated heterocycles. The molecule has 144 valence electrons. The summed E-state index contributed by atoms with van der Waals surface area (Å²) in [7, 11) is 0. The van der Waals surface area contributed by atoms with E-state index in [1.54, 1.807) is 11.0 Å². The number of tetrazole rings is 1. The molecular formula is C19H25N5O3. The van der Waals surface area contributed by atoms with E-state index in [2.05, 4.69) is 15.5 Å². The summed E-state index contributed by atoms with van der Waals surface area (Å²) in [5.41, 5.74) is 1.84. The second kappa shape index (κ2) is 8.58. The number of aromatic nitrogens is 4. The van der Waals surface area contributed by atoms with E-state index in [0.717, 1.165) is 50.1 Å². The third-order valence-corrected chi connectivity index (χ3v) is 5.15. The Morgan fingerprint density at radius 1 is 1.07 bits per heavy atom. The van der Waals surface area contributed by atoms with E-state index >= 15 is 0 Å². The van der Waals surface area contributed by atoms with Crippen LogP contribution in [-0.4, -0.2) is 69.5 Å². The van der Waals surface area contributed by atoms with Gasteiger partial charge in [-0.3, -0.25) is 4.79 Å². The molecule has 0 bridgehead atoms. The Balaban J connectivity index is 1.40. The molecule has 4 rings (SSSR count). The highest BCUT2D eigenvalue weighted by molar-refractivity contribution is 5.79. The number of ether oxygens (including phenoxy) is 2. The van der Waals surface area contributed by atoms with Crippen molar-refractivity contribution in [3.8, 4) is 5.69 Å². The molecule has 0 aliphatic carbocycles. The number of nitrogens with zero attached hydrogens (tertiary/aromatic N) is 5. The van der Waals surface area contributed by atoms with Crippen molar-refractivity contribution in [1.82, 2.24) is 25.1 Å². The molecule has 0 spiro atoms. The Hall–Kier alpha value is -2.32. The summed E-state index contributed by atoms with van der Waals surface area (Å²) in [6.45, 7) is 2.90. The first-order valence-corrected chi connectivity index (χ1v) is 9.61. The van der Waals surface area contributed by atoms with Crippen LogP contribution in [0.15, 0.2) is 30.6 Å². The van der Waals surface area contributed by atoms with Crippen molar-refractivity contribution < 1.29 is 14.3 Å². The Labute approximate surface area is 158 Å². The first-order chi connectivity index (χ1) is 13.3. The van der Waals surface area contributed by atoms with Gasteiger partial charge in [0.05, 0.1) is 24.3 Å². The molecule has 8 nitrogen and oxygen atoms in total. The minimum absolute atomic E-state index is 0.121. The van der Waals surface area contributed by atoms with Crippen LogP contribution in [0.1, 0.15) is 31.2 Å². The van der Waals surface area contributed by atoms with Gasteiger partial charge in [0.15, 0.2) is 0 Å². The van der Waals surface area contributed by atoms with Gasteiger partial charge in [0.25, 0.3) is 0 Å². The Morgan fingerprint density at radius 2 is 1.74 bits per heavy atom. The van der Waals surface area contributed by atoms with Crippen molar-refractivity contribution in [1.29, 1.82) is 0 Å². The number of carbonyl (C=O) groups is 1. The Morgan fingerprint density at radius 3 is 2.26 bits per heavy atom. The quantitative estimate of drug-likeness (QED) is 0.732. The fourth-order valence-electron chi connectivity index (χ4n) is 3.68. The molecular weight excluding hydrogens is 346 g/mol. The van der Waals surface area contributed by atoms with Crippen LogP contribution in [0.3, 0.4) is 0 Å². The van der Waals surface area contributed by atoms with Crippen LogP contribution in [0.2, 0.25) is 0 Å². The average molecular weight is 371 g/mol. The molecule has 0 radical (unpaired) electrons. The van der Waals surface area contributed by atoms with Crippen molar-refractivity contribution in [2.45, 2.75) is 44.3 Å². The van der Waals surface area contributed by atoms with Gasteiger partial charge in [-0.1, -0.05) is 12.1 Å². The van der Waals surface area contributed by atoms with Crippen molar-refractivity contribution in [2.75, 3.05) is 26.3 Å². The molecule has 0 saturated carbocycles. The van der Waals surface area contributed by atoms with Crippen LogP contribution in [0, 0.1) is 0 Å². The molecule has 0 unspecified atom stereocenters. The number of hydrogen-bond acceptors (Lipinski definition) is 6. The molecule has 2 atom stereocenters. The Bertz CT molecular complexity index is 704. The molecule has 2 aliphatic heterocycles. The van der Waals surface area contributed by atoms with Crippen LogP contribution in [0.25, 0.3) is 5.69 Å². The molecule has 0 N–H and O–H groups in total. The normalized spacial score (nSPS) is 22.2. The lowest BCUT2D eigenvalue weighted by atomic mass is 10.1. The van der Waals surface area contributed by atoms with E-state index in [1.165, 1.54) is 0 Å². The highest BCUT2D eigenvalue weighted by Crippen LogP contribution is 2.18. The zero-order valence-corrected chi connectivity index (χ0v) is 15.4. The van der Waals surface area contributed by atoms with Gasteiger partial charge in [0.1, 0.15) is 6.33 Å². The minimum Gasteiger partial charge on any atom is -0.376 e. The highest BCUT2D eigenvalue weighted by atomic mass is 16.5. The van der Waals surface area contributed by atoms with Crippen LogP contribution in [-0.2, 0) is 20.7 Å². The lowest BCUT2D eigenvalue weighted by Gasteiger charge is -2.28. The van der Waals surface area contributed by atoms with Gasteiger partial charge in [-0.15, -0.1) is 5.10 Å². The summed E-state index contributed by atoms with van der Waals surface area (Å²) in [6.07, 6.45) is 6.41. The number of benzene rings is 1. The van der Waals surface area contributed by atoms with Crippen LogP contribution in [0.5, 0.6) is 0 Å². The molecule has 2 fully saturated rings. The van der Waals surface area contributed by atoms with E-state index in [0.29, 0.717) is 19.5 Å². The molecule has 2 aliphatic rings. The summed E-state index contributed by atoms with van der Waals surface area (Å²) < 4.78 is 13.1. The maximum atomic E-state index is 13.0. The van der Waals surface area contributed by atoms with Gasteiger partial charge in [-0.25, -0.2) is 4.68 Å². The molecule has 1 aromatic heterocycles. The van der Waals surface area contributed by atoms with Crippen LogP contribution in [0.4, 0.5) is 0 Å². The molecule has 2 aromatic rings. The standard InChI is InChI=1S/C19H25N5O3/c25-19(11-15-5-7-16(8-6-15)24-14-20-21-22-24)23(12-17-3-1-9-26-17)13-18-4-2-10-27-18/h5-8,14,17-18H,1-4,9-13H2/t17-,18-/m0/s1. The lowest BCUT2D eigenvalue weighted by Crippen LogP contribution is -2.42. The molecule has 1 amide bonds. The Kier molecular flexibility index (Phi) is 5.74. The summed E-state index contributed by atoms with van der Waals surface area (Å²) in [6, 6.07) is 7.74. The van der Waals surface area contributed by atoms with Crippen molar-refractivity contribution in [3.63, 3.8) is 0 Å². The summed E-state index contributed by atoms with van der Waals surface area (Å²) in [4.78, 5) is 14.9. The summed E-state index contributed by atoms with van der Waals surface area (Å²) in [5, 5.41) is 11.1. The van der Waals surface area contributed by atoms with Crippen LogP contribution >= 0.6 is 0 Å². The lowest BCUT2D eigenvalue weighted by molar-refractivity contribution is -0.133. The smallest absolute Gasteiger partial charge is 0.227 e. The predicted octanol–water partition coefficient (Wildman–Crippen LogP) is 1.39. The monoisotopic (exact) mass is 371 g/mol. The maximum absolute atomic E-state index is 13.0. The SMILES string of the molecule is O=C(Cc1ccc(-n2cnnn2)cc1)N(C[C@@H]1CCCO1)C[C@@H]1CCCO1. The van der Waals surface area contributed by atoms with E-state index in [1.807, 2.05) is 29.2 Å². The second-order valence-electron chi connectivity index (χ2n) is 7.17. The van der Waals surface area contributed by atoms with Gasteiger partial charge in [0, 0.05) is 26.3 Å². The second-order valence-corrected chi connectivity index (χ2v) is 7.17. The average Bonchev–Trinajstić information content (AvgIpc) is 3.45. The molecule has 8 heteroatoms. The van der Waals surface area contributed by atoms with Gasteiger partial charge in [-0.2, -0.15) is 0 Å². The topological polar surface area (TPSA) is 82.4 Å². The van der Waals surface area contributed by atoms with Crippen molar-refractivity contribution in [3.05, 3.63) is 36.2 Å². The van der Waals surface area contributed by atoms with Gasteiger partial charge in [-0.05, 0) is 53.8 Å². The number of rotatable bonds is 7. The fourth-order valence-corrected chi connectivity index (χ4v) is 3.68. The molecule has 1 aromatic carbocycles. The zero-order valence-electron chi connectivity index (χ0n) is 15.4. The van der Waals surface area contributed by atoms with Crippen molar-refractivity contribution in [2.24, 2.45) is 0 Å². The van der Waals surface area contributed by atoms with E-state index < -0.39 is 0 Å². The molecule has 3 heterocycles. The molecule has 27 heavy (non-hydrogen) atoms. The van der Waals surface area contributed by atoms with Crippen LogP contribution < -0.4 is 0 Å². The van der Waals surface area contributed by atoms with E-state index in [-0.39, 0.29) is 18.1 Å². The third kappa shape index (κ3) is 4.70. The third-order valence-electron chi connectivity index (χ3n) is 5.15. The van der Waals surface area contributed by atoms with E-state index in [4.69, 9.17) is 9.47 Å². The van der Waals surface area contributed by atoms with Crippen molar-refractivity contribution >= 4 is 5.91 Å². The zero-order chi connectivity index (χ0) is 18.5. The summed E-state index contributed by atoms with van der Waals surface area (Å²) in [5.74, 6) is 0.121. The van der Waals surface area contributed by atoms with Gasteiger partial charge < -0.3 is 14.4 Å². The minimum atomic E-state index is 0.121. The number of carbonyl (C=O) groups excluding carboxylic acids is 1.